The molecule has 66 valence electrons. The molecular formula is C10H21N. The summed E-state index contributed by atoms with van der Waals surface area (Å²) in [5, 5.41) is 3.37. The van der Waals surface area contributed by atoms with E-state index < -0.39 is 0 Å². The molecule has 0 bridgehead atoms. The summed E-state index contributed by atoms with van der Waals surface area (Å²) in [6.07, 6.45) is 2.53. The second kappa shape index (κ2) is 6.41. The molecule has 0 aromatic rings. The maximum Gasteiger partial charge on any atom is 0.0164 e. The van der Waals surface area contributed by atoms with E-state index in [1.807, 2.05) is 0 Å². The first-order valence-corrected chi connectivity index (χ1v) is 4.56. The Morgan fingerprint density at radius 3 is 2.55 bits per heavy atom. The highest BCUT2D eigenvalue weighted by atomic mass is 14.8. The highest BCUT2D eigenvalue weighted by Gasteiger charge is 1.97. The molecule has 0 spiro atoms. The van der Waals surface area contributed by atoms with Gasteiger partial charge in [-0.05, 0) is 18.9 Å². The van der Waals surface area contributed by atoms with Gasteiger partial charge in [0.05, 0.1) is 0 Å². The third-order valence-electron chi connectivity index (χ3n) is 1.88. The van der Waals surface area contributed by atoms with Gasteiger partial charge in [-0.25, -0.2) is 0 Å². The lowest BCUT2D eigenvalue weighted by atomic mass is 10.1. The van der Waals surface area contributed by atoms with Crippen molar-refractivity contribution in [1.29, 1.82) is 0 Å². The zero-order valence-corrected chi connectivity index (χ0v) is 8.11. The molecule has 1 heteroatoms. The summed E-state index contributed by atoms with van der Waals surface area (Å²) in [5.41, 5.74) is 1.31. The normalized spacial score (nSPS) is 10.5. The molecule has 0 radical (unpaired) electrons. The van der Waals surface area contributed by atoms with Crippen molar-refractivity contribution in [1.82, 2.24) is 5.32 Å². The summed E-state index contributed by atoms with van der Waals surface area (Å²) >= 11 is 0. The number of rotatable bonds is 6. The molecule has 0 aliphatic heterocycles. The lowest BCUT2D eigenvalue weighted by molar-refractivity contribution is 0.633. The fourth-order valence-electron chi connectivity index (χ4n) is 0.755. The predicted octanol–water partition coefficient (Wildman–Crippen LogP) is 2.59. The number of unbranched alkanes of at least 4 members (excludes halogenated alkanes) is 1. The van der Waals surface area contributed by atoms with Crippen LogP contribution in [0.1, 0.15) is 33.6 Å². The third-order valence-corrected chi connectivity index (χ3v) is 1.88. The molecule has 0 aliphatic carbocycles. The molecule has 0 aliphatic rings. The van der Waals surface area contributed by atoms with Gasteiger partial charge in [0.15, 0.2) is 0 Å². The second-order valence-corrected chi connectivity index (χ2v) is 3.34. The lowest BCUT2D eigenvalue weighted by Crippen LogP contribution is -2.19. The van der Waals surface area contributed by atoms with Crippen LogP contribution in [0, 0.1) is 5.92 Å². The van der Waals surface area contributed by atoms with Gasteiger partial charge in [0.25, 0.3) is 0 Å². The van der Waals surface area contributed by atoms with Gasteiger partial charge >= 0.3 is 0 Å². The van der Waals surface area contributed by atoms with Gasteiger partial charge in [0, 0.05) is 6.54 Å². The molecule has 0 saturated carbocycles. The van der Waals surface area contributed by atoms with Gasteiger partial charge in [-0.15, -0.1) is 0 Å². The van der Waals surface area contributed by atoms with Crippen LogP contribution in [-0.2, 0) is 0 Å². The molecule has 0 aromatic carbocycles. The van der Waals surface area contributed by atoms with E-state index >= 15 is 0 Å². The Kier molecular flexibility index (Phi) is 6.24. The zero-order chi connectivity index (χ0) is 8.69. The van der Waals surface area contributed by atoms with Gasteiger partial charge in [0.1, 0.15) is 0 Å². The molecule has 0 saturated heterocycles. The van der Waals surface area contributed by atoms with Crippen LogP contribution >= 0.6 is 0 Å². The minimum Gasteiger partial charge on any atom is -0.313 e. The van der Waals surface area contributed by atoms with Crippen molar-refractivity contribution in [2.24, 2.45) is 5.92 Å². The van der Waals surface area contributed by atoms with E-state index in [1.54, 1.807) is 0 Å². The fourth-order valence-corrected chi connectivity index (χ4v) is 0.755. The standard InChI is InChI=1S/C10H21N/c1-5-6-7-11-8-10(4)9(2)3/h9,11H,4-8H2,1-3H3. The summed E-state index contributed by atoms with van der Waals surface area (Å²) in [6.45, 7) is 12.7. The van der Waals surface area contributed by atoms with E-state index in [9.17, 15) is 0 Å². The quantitative estimate of drug-likeness (QED) is 0.459. The van der Waals surface area contributed by atoms with Crippen molar-refractivity contribution in [3.8, 4) is 0 Å². The van der Waals surface area contributed by atoms with Crippen LogP contribution in [0.4, 0.5) is 0 Å². The topological polar surface area (TPSA) is 12.0 Å². The molecule has 0 amide bonds. The molecule has 0 heterocycles. The van der Waals surface area contributed by atoms with Crippen LogP contribution in [-0.4, -0.2) is 13.1 Å². The Labute approximate surface area is 70.9 Å². The molecule has 0 aromatic heterocycles. The van der Waals surface area contributed by atoms with Gasteiger partial charge in [-0.3, -0.25) is 0 Å². The van der Waals surface area contributed by atoms with Crippen LogP contribution in [0.15, 0.2) is 12.2 Å². The van der Waals surface area contributed by atoms with E-state index in [-0.39, 0.29) is 0 Å². The summed E-state index contributed by atoms with van der Waals surface area (Å²) in [7, 11) is 0. The monoisotopic (exact) mass is 155 g/mol. The highest BCUT2D eigenvalue weighted by molar-refractivity contribution is 4.99. The average Bonchev–Trinajstić information content (AvgIpc) is 1.97. The molecule has 0 rings (SSSR count). The maximum absolute atomic E-state index is 3.99. The summed E-state index contributed by atoms with van der Waals surface area (Å²) < 4.78 is 0. The molecule has 0 atom stereocenters. The Bertz CT molecular complexity index is 105. The first-order chi connectivity index (χ1) is 5.18. The number of hydrogen-bond donors (Lipinski definition) is 1. The molecular weight excluding hydrogens is 134 g/mol. The van der Waals surface area contributed by atoms with Crippen molar-refractivity contribution in [2.75, 3.05) is 13.1 Å². The SMILES string of the molecule is C=C(CNCCCC)C(C)C. The second-order valence-electron chi connectivity index (χ2n) is 3.34. The first kappa shape index (κ1) is 10.7. The first-order valence-electron chi connectivity index (χ1n) is 4.56. The van der Waals surface area contributed by atoms with Crippen LogP contribution in [0.5, 0.6) is 0 Å². The largest absolute Gasteiger partial charge is 0.313 e. The summed E-state index contributed by atoms with van der Waals surface area (Å²) in [4.78, 5) is 0. The van der Waals surface area contributed by atoms with Crippen LogP contribution < -0.4 is 5.32 Å². The third kappa shape index (κ3) is 6.11. The van der Waals surface area contributed by atoms with Crippen molar-refractivity contribution < 1.29 is 0 Å². The summed E-state index contributed by atoms with van der Waals surface area (Å²) in [5.74, 6) is 0.615. The van der Waals surface area contributed by atoms with Crippen molar-refractivity contribution in [3.05, 3.63) is 12.2 Å². The Balaban J connectivity index is 3.18. The van der Waals surface area contributed by atoms with Crippen LogP contribution in [0.2, 0.25) is 0 Å². The lowest BCUT2D eigenvalue weighted by Gasteiger charge is -2.09. The smallest absolute Gasteiger partial charge is 0.0164 e. The predicted molar refractivity (Wildman–Crippen MR) is 51.8 cm³/mol. The van der Waals surface area contributed by atoms with Gasteiger partial charge in [-0.1, -0.05) is 39.3 Å². The Morgan fingerprint density at radius 1 is 1.45 bits per heavy atom. The van der Waals surface area contributed by atoms with Crippen molar-refractivity contribution in [2.45, 2.75) is 33.6 Å². The summed E-state index contributed by atoms with van der Waals surface area (Å²) in [6, 6.07) is 0. The van der Waals surface area contributed by atoms with E-state index in [2.05, 4.69) is 32.7 Å². The molecule has 1 nitrogen and oxygen atoms in total. The van der Waals surface area contributed by atoms with Crippen LogP contribution in [0.25, 0.3) is 0 Å². The maximum atomic E-state index is 3.99. The van der Waals surface area contributed by atoms with E-state index in [0.29, 0.717) is 5.92 Å². The fraction of sp³-hybridized carbons (Fsp3) is 0.800. The number of nitrogens with one attached hydrogen (secondary N) is 1. The highest BCUT2D eigenvalue weighted by Crippen LogP contribution is 2.03. The zero-order valence-electron chi connectivity index (χ0n) is 8.11. The molecule has 0 fully saturated rings. The van der Waals surface area contributed by atoms with Crippen LogP contribution in [0.3, 0.4) is 0 Å². The van der Waals surface area contributed by atoms with Gasteiger partial charge in [0.2, 0.25) is 0 Å². The minimum atomic E-state index is 0.615. The van der Waals surface area contributed by atoms with Gasteiger partial charge in [-0.2, -0.15) is 0 Å². The van der Waals surface area contributed by atoms with E-state index in [1.165, 1.54) is 18.4 Å². The number of hydrogen-bond acceptors (Lipinski definition) is 1. The van der Waals surface area contributed by atoms with Crippen molar-refractivity contribution >= 4 is 0 Å². The van der Waals surface area contributed by atoms with Crippen molar-refractivity contribution in [3.63, 3.8) is 0 Å². The van der Waals surface area contributed by atoms with E-state index in [0.717, 1.165) is 13.1 Å². The molecule has 0 unspecified atom stereocenters. The minimum absolute atomic E-state index is 0.615. The average molecular weight is 155 g/mol. The van der Waals surface area contributed by atoms with E-state index in [4.69, 9.17) is 0 Å². The van der Waals surface area contributed by atoms with Gasteiger partial charge < -0.3 is 5.32 Å². The molecule has 1 N–H and O–H groups in total. The molecule has 11 heavy (non-hydrogen) atoms. The Morgan fingerprint density at radius 2 is 2.09 bits per heavy atom. The Hall–Kier alpha value is -0.300.